The number of hydrogen-bond acceptors (Lipinski definition) is 2. The van der Waals surface area contributed by atoms with Gasteiger partial charge in [0, 0.05) is 10.9 Å². The van der Waals surface area contributed by atoms with Crippen molar-refractivity contribution in [3.05, 3.63) is 69.9 Å². The van der Waals surface area contributed by atoms with E-state index in [0.29, 0.717) is 27.0 Å². The molecular weight excluding hydrogens is 283 g/mol. The van der Waals surface area contributed by atoms with Crippen LogP contribution in [0.1, 0.15) is 16.1 Å². The minimum atomic E-state index is -0.213. The lowest BCUT2D eigenvalue weighted by Crippen LogP contribution is -1.99. The maximum atomic E-state index is 12.3. The summed E-state index contributed by atoms with van der Waals surface area (Å²) in [6.07, 6.45) is 0. The molecule has 1 aromatic heterocycles. The molecule has 0 bridgehead atoms. The number of halogens is 2. The second kappa shape index (κ2) is 4.72. The van der Waals surface area contributed by atoms with Gasteiger partial charge in [-0.1, -0.05) is 41.4 Å². The molecule has 0 saturated heterocycles. The van der Waals surface area contributed by atoms with Crippen LogP contribution in [0.15, 0.2) is 52.9 Å². The molecule has 0 aliphatic rings. The Balaban J connectivity index is 2.05. The molecular formula is C15H8Cl2O2. The Hall–Kier alpha value is -1.77. The monoisotopic (exact) mass is 290 g/mol. The molecule has 0 radical (unpaired) electrons. The number of furan rings is 1. The van der Waals surface area contributed by atoms with Gasteiger partial charge in [0.2, 0.25) is 5.78 Å². The van der Waals surface area contributed by atoms with Crippen molar-refractivity contribution < 1.29 is 9.21 Å². The molecule has 0 amide bonds. The molecule has 94 valence electrons. The Labute approximate surface area is 119 Å². The number of hydrogen-bond donors (Lipinski definition) is 0. The van der Waals surface area contributed by atoms with E-state index in [2.05, 4.69) is 0 Å². The third-order valence-corrected chi connectivity index (χ3v) is 3.57. The van der Waals surface area contributed by atoms with Crippen molar-refractivity contribution in [2.75, 3.05) is 0 Å². The van der Waals surface area contributed by atoms with Gasteiger partial charge in [-0.25, -0.2) is 0 Å². The lowest BCUT2D eigenvalue weighted by atomic mass is 10.1. The third-order valence-electron chi connectivity index (χ3n) is 2.83. The topological polar surface area (TPSA) is 30.2 Å². The fourth-order valence-electron chi connectivity index (χ4n) is 1.87. The molecule has 2 nitrogen and oxygen atoms in total. The summed E-state index contributed by atoms with van der Waals surface area (Å²) in [4.78, 5) is 12.3. The summed E-state index contributed by atoms with van der Waals surface area (Å²) < 4.78 is 5.53. The summed E-state index contributed by atoms with van der Waals surface area (Å²) in [5.41, 5.74) is 1.14. The van der Waals surface area contributed by atoms with Gasteiger partial charge in [0.15, 0.2) is 5.76 Å². The van der Waals surface area contributed by atoms with Crippen LogP contribution in [0.3, 0.4) is 0 Å². The predicted octanol–water partition coefficient (Wildman–Crippen LogP) is 4.97. The Kier molecular flexibility index (Phi) is 3.05. The van der Waals surface area contributed by atoms with Gasteiger partial charge in [-0.15, -0.1) is 0 Å². The highest BCUT2D eigenvalue weighted by Crippen LogP contribution is 2.26. The van der Waals surface area contributed by atoms with Crippen molar-refractivity contribution in [2.45, 2.75) is 0 Å². The number of rotatable bonds is 2. The SMILES string of the molecule is O=C(c1ccc(Cl)c(Cl)c1)c1cc2ccccc2o1. The van der Waals surface area contributed by atoms with Gasteiger partial charge in [-0.3, -0.25) is 4.79 Å². The molecule has 1 heterocycles. The Bertz CT molecular complexity index is 742. The van der Waals surface area contributed by atoms with Gasteiger partial charge < -0.3 is 4.42 Å². The maximum Gasteiger partial charge on any atom is 0.228 e. The van der Waals surface area contributed by atoms with E-state index in [1.54, 1.807) is 24.3 Å². The number of para-hydroxylation sites is 1. The Morgan fingerprint density at radius 1 is 0.947 bits per heavy atom. The van der Waals surface area contributed by atoms with Crippen LogP contribution in [-0.4, -0.2) is 5.78 Å². The van der Waals surface area contributed by atoms with E-state index < -0.39 is 0 Å². The van der Waals surface area contributed by atoms with E-state index in [4.69, 9.17) is 27.6 Å². The second-order valence-electron chi connectivity index (χ2n) is 4.11. The molecule has 0 N–H and O–H groups in total. The Morgan fingerprint density at radius 3 is 2.47 bits per heavy atom. The molecule has 3 aromatic rings. The van der Waals surface area contributed by atoms with Crippen LogP contribution in [0.2, 0.25) is 10.0 Å². The van der Waals surface area contributed by atoms with E-state index in [9.17, 15) is 4.79 Å². The first kappa shape index (κ1) is 12.3. The first-order chi connectivity index (χ1) is 9.15. The zero-order chi connectivity index (χ0) is 13.4. The second-order valence-corrected chi connectivity index (χ2v) is 4.92. The smallest absolute Gasteiger partial charge is 0.228 e. The van der Waals surface area contributed by atoms with Crippen LogP contribution in [0.5, 0.6) is 0 Å². The molecule has 0 spiro atoms. The quantitative estimate of drug-likeness (QED) is 0.624. The number of carbonyl (C=O) groups excluding carboxylic acids is 1. The number of ketones is 1. The van der Waals surface area contributed by atoms with E-state index >= 15 is 0 Å². The standard InChI is InChI=1S/C15H8Cl2O2/c16-11-6-5-10(7-12(11)17)15(18)14-8-9-3-1-2-4-13(9)19-14/h1-8H. The molecule has 19 heavy (non-hydrogen) atoms. The van der Waals surface area contributed by atoms with Crippen molar-refractivity contribution in [2.24, 2.45) is 0 Å². The third kappa shape index (κ3) is 2.25. The molecule has 0 fully saturated rings. The van der Waals surface area contributed by atoms with Crippen LogP contribution in [0.25, 0.3) is 11.0 Å². The number of fused-ring (bicyclic) bond motifs is 1. The predicted molar refractivity (Wildman–Crippen MR) is 76.1 cm³/mol. The number of carbonyl (C=O) groups is 1. The van der Waals surface area contributed by atoms with Gasteiger partial charge in [0.05, 0.1) is 10.0 Å². The van der Waals surface area contributed by atoms with E-state index in [1.807, 2.05) is 24.3 Å². The molecule has 0 saturated carbocycles. The highest BCUT2D eigenvalue weighted by atomic mass is 35.5. The average molecular weight is 291 g/mol. The highest BCUT2D eigenvalue weighted by Gasteiger charge is 2.15. The van der Waals surface area contributed by atoms with Gasteiger partial charge >= 0.3 is 0 Å². The van der Waals surface area contributed by atoms with Crippen LogP contribution in [0.4, 0.5) is 0 Å². The van der Waals surface area contributed by atoms with Crippen LogP contribution in [-0.2, 0) is 0 Å². The summed E-state index contributed by atoms with van der Waals surface area (Å²) in [6.45, 7) is 0. The highest BCUT2D eigenvalue weighted by molar-refractivity contribution is 6.42. The minimum absolute atomic E-state index is 0.213. The summed E-state index contributed by atoms with van der Waals surface area (Å²) in [7, 11) is 0. The van der Waals surface area contributed by atoms with Crippen LogP contribution >= 0.6 is 23.2 Å². The van der Waals surface area contributed by atoms with Crippen LogP contribution in [0, 0.1) is 0 Å². The molecule has 0 aliphatic carbocycles. The van der Waals surface area contributed by atoms with Crippen LogP contribution < -0.4 is 0 Å². The molecule has 0 unspecified atom stereocenters. The summed E-state index contributed by atoms with van der Waals surface area (Å²) in [5.74, 6) is 0.0781. The minimum Gasteiger partial charge on any atom is -0.453 e. The zero-order valence-electron chi connectivity index (χ0n) is 9.69. The normalized spacial score (nSPS) is 10.8. The fraction of sp³-hybridized carbons (Fsp3) is 0. The molecule has 4 heteroatoms. The summed E-state index contributed by atoms with van der Waals surface area (Å²) >= 11 is 11.7. The lowest BCUT2D eigenvalue weighted by Gasteiger charge is -1.99. The van der Waals surface area contributed by atoms with E-state index in [0.717, 1.165) is 5.39 Å². The molecule has 0 aliphatic heterocycles. The maximum absolute atomic E-state index is 12.3. The van der Waals surface area contributed by atoms with Crippen molar-refractivity contribution in [3.63, 3.8) is 0 Å². The van der Waals surface area contributed by atoms with Crippen molar-refractivity contribution in [3.8, 4) is 0 Å². The average Bonchev–Trinajstić information content (AvgIpc) is 2.85. The van der Waals surface area contributed by atoms with Gasteiger partial charge in [-0.05, 0) is 30.3 Å². The van der Waals surface area contributed by atoms with Gasteiger partial charge in [0.25, 0.3) is 0 Å². The first-order valence-corrected chi connectivity index (χ1v) is 6.39. The van der Waals surface area contributed by atoms with Gasteiger partial charge in [-0.2, -0.15) is 0 Å². The molecule has 2 aromatic carbocycles. The summed E-state index contributed by atoms with van der Waals surface area (Å²) in [5, 5.41) is 1.66. The Morgan fingerprint density at radius 2 is 1.74 bits per heavy atom. The molecule has 3 rings (SSSR count). The lowest BCUT2D eigenvalue weighted by molar-refractivity contribution is 0.101. The first-order valence-electron chi connectivity index (χ1n) is 5.63. The van der Waals surface area contributed by atoms with Crippen molar-refractivity contribution in [1.82, 2.24) is 0 Å². The van der Waals surface area contributed by atoms with Crippen molar-refractivity contribution in [1.29, 1.82) is 0 Å². The van der Waals surface area contributed by atoms with Gasteiger partial charge in [0.1, 0.15) is 5.58 Å². The molecule has 0 atom stereocenters. The number of benzene rings is 2. The summed E-state index contributed by atoms with van der Waals surface area (Å²) in [6, 6.07) is 14.0. The van der Waals surface area contributed by atoms with E-state index in [1.165, 1.54) is 0 Å². The van der Waals surface area contributed by atoms with Crippen molar-refractivity contribution >= 4 is 40.0 Å². The fourth-order valence-corrected chi connectivity index (χ4v) is 2.17. The van der Waals surface area contributed by atoms with E-state index in [-0.39, 0.29) is 5.78 Å². The largest absolute Gasteiger partial charge is 0.453 e. The zero-order valence-corrected chi connectivity index (χ0v) is 11.2.